The molecule has 0 aromatic carbocycles. The van der Waals surface area contributed by atoms with Crippen LogP contribution in [0.1, 0.15) is 29.8 Å². The molecule has 0 saturated carbocycles. The van der Waals surface area contributed by atoms with Crippen molar-refractivity contribution in [3.63, 3.8) is 0 Å². The van der Waals surface area contributed by atoms with Crippen molar-refractivity contribution in [1.82, 2.24) is 14.8 Å². The molecule has 1 unspecified atom stereocenters. The third kappa shape index (κ3) is 2.87. The van der Waals surface area contributed by atoms with Crippen molar-refractivity contribution in [1.29, 1.82) is 0 Å². The first-order chi connectivity index (χ1) is 11.2. The monoisotopic (exact) mass is 336 g/mol. The molecular weight excluding hydrogens is 316 g/mol. The fraction of sp³-hybridized carbons (Fsp3) is 0.667. The summed E-state index contributed by atoms with van der Waals surface area (Å²) in [4.78, 5) is 33.4. The highest BCUT2D eigenvalue weighted by molar-refractivity contribution is 7.15. The van der Waals surface area contributed by atoms with Crippen LogP contribution in [0.4, 0.5) is 14.7 Å². The number of likely N-dealkylation sites (tertiary alicyclic amines) is 1. The molecule has 1 atom stereocenters. The van der Waals surface area contributed by atoms with Crippen molar-refractivity contribution in [3.8, 4) is 0 Å². The van der Waals surface area contributed by atoms with Crippen LogP contribution in [0.25, 0.3) is 0 Å². The Morgan fingerprint density at radius 3 is 2.96 bits per heavy atom. The first-order valence-corrected chi connectivity index (χ1v) is 9.00. The van der Waals surface area contributed by atoms with Gasteiger partial charge in [-0.2, -0.15) is 0 Å². The van der Waals surface area contributed by atoms with Gasteiger partial charge < -0.3 is 9.64 Å². The normalized spacial score (nSPS) is 23.8. The second kappa shape index (κ2) is 5.99. The van der Waals surface area contributed by atoms with E-state index in [4.69, 9.17) is 4.74 Å². The zero-order chi connectivity index (χ0) is 15.8. The number of anilines is 1. The lowest BCUT2D eigenvalue weighted by molar-refractivity contribution is 0.148. The van der Waals surface area contributed by atoms with Crippen molar-refractivity contribution in [2.24, 2.45) is 0 Å². The van der Waals surface area contributed by atoms with Gasteiger partial charge in [-0.1, -0.05) is 0 Å². The van der Waals surface area contributed by atoms with Gasteiger partial charge in [-0.25, -0.2) is 14.6 Å². The molecule has 2 fully saturated rings. The molecule has 0 bridgehead atoms. The molecule has 0 spiro atoms. The van der Waals surface area contributed by atoms with Crippen molar-refractivity contribution < 1.29 is 14.3 Å². The molecule has 1 aliphatic carbocycles. The van der Waals surface area contributed by atoms with E-state index in [2.05, 4.69) is 10.3 Å². The highest BCUT2D eigenvalue weighted by atomic mass is 32.1. The number of aryl methyl sites for hydroxylation is 2. The second-order valence-corrected chi connectivity index (χ2v) is 7.31. The molecule has 1 aromatic heterocycles. The van der Waals surface area contributed by atoms with Crippen molar-refractivity contribution >= 4 is 28.6 Å². The maximum absolute atomic E-state index is 12.4. The lowest BCUT2D eigenvalue weighted by Gasteiger charge is -2.21. The van der Waals surface area contributed by atoms with Gasteiger partial charge >= 0.3 is 12.1 Å². The van der Waals surface area contributed by atoms with Gasteiger partial charge in [0.1, 0.15) is 6.61 Å². The average molecular weight is 336 g/mol. The van der Waals surface area contributed by atoms with Gasteiger partial charge in [0, 0.05) is 18.0 Å². The van der Waals surface area contributed by atoms with E-state index < -0.39 is 0 Å². The summed E-state index contributed by atoms with van der Waals surface area (Å²) in [5.41, 5.74) is 1.15. The zero-order valence-corrected chi connectivity index (χ0v) is 13.7. The first kappa shape index (κ1) is 14.7. The third-order valence-electron chi connectivity index (χ3n) is 4.74. The number of hydrogen-bond acceptors (Lipinski definition) is 5. The molecule has 2 aliphatic heterocycles. The number of carbonyl (C=O) groups excluding carboxylic acids is 2. The summed E-state index contributed by atoms with van der Waals surface area (Å²) in [7, 11) is 0. The Bertz CT molecular complexity index is 609. The summed E-state index contributed by atoms with van der Waals surface area (Å²) in [5, 5.41) is 3.62. The Morgan fingerprint density at radius 2 is 2.17 bits per heavy atom. The SMILES string of the molecule is O=C(Nc1nc2c(s1)CCCC2)N1CCC(N2CCOC2=O)C1. The highest BCUT2D eigenvalue weighted by Crippen LogP contribution is 2.30. The van der Waals surface area contributed by atoms with Crippen molar-refractivity contribution in [3.05, 3.63) is 10.6 Å². The predicted molar refractivity (Wildman–Crippen MR) is 85.8 cm³/mol. The number of fused-ring (bicyclic) bond motifs is 1. The molecule has 7 nitrogen and oxygen atoms in total. The van der Waals surface area contributed by atoms with E-state index >= 15 is 0 Å². The van der Waals surface area contributed by atoms with Gasteiger partial charge in [-0.15, -0.1) is 11.3 Å². The van der Waals surface area contributed by atoms with Crippen LogP contribution < -0.4 is 5.32 Å². The Hall–Kier alpha value is -1.83. The largest absolute Gasteiger partial charge is 0.448 e. The molecule has 8 heteroatoms. The van der Waals surface area contributed by atoms with Gasteiger partial charge in [0.25, 0.3) is 0 Å². The predicted octanol–water partition coefficient (Wildman–Crippen LogP) is 2.08. The summed E-state index contributed by atoms with van der Waals surface area (Å²) < 4.78 is 4.98. The fourth-order valence-corrected chi connectivity index (χ4v) is 4.53. The van der Waals surface area contributed by atoms with Gasteiger partial charge in [0.2, 0.25) is 0 Å². The van der Waals surface area contributed by atoms with Crippen molar-refractivity contribution in [2.45, 2.75) is 38.1 Å². The Kier molecular flexibility index (Phi) is 3.84. The van der Waals surface area contributed by atoms with Crippen molar-refractivity contribution in [2.75, 3.05) is 31.6 Å². The van der Waals surface area contributed by atoms with Gasteiger partial charge in [0.05, 0.1) is 18.3 Å². The maximum Gasteiger partial charge on any atom is 0.410 e. The minimum atomic E-state index is -0.259. The molecule has 3 amide bonds. The Morgan fingerprint density at radius 1 is 1.30 bits per heavy atom. The molecular formula is C15H20N4O3S. The lowest BCUT2D eigenvalue weighted by atomic mass is 10.0. The van der Waals surface area contributed by atoms with E-state index in [1.807, 2.05) is 0 Å². The number of amides is 3. The number of ether oxygens (including phenoxy) is 1. The molecule has 2 saturated heterocycles. The first-order valence-electron chi connectivity index (χ1n) is 8.18. The molecule has 4 rings (SSSR count). The summed E-state index contributed by atoms with van der Waals surface area (Å²) in [6.45, 7) is 2.29. The fourth-order valence-electron chi connectivity index (χ4n) is 3.49. The summed E-state index contributed by atoms with van der Waals surface area (Å²) >= 11 is 1.59. The molecule has 3 heterocycles. The van der Waals surface area contributed by atoms with Gasteiger partial charge in [-0.3, -0.25) is 10.2 Å². The number of nitrogens with zero attached hydrogens (tertiary/aromatic N) is 3. The van der Waals surface area contributed by atoms with E-state index in [-0.39, 0.29) is 18.2 Å². The van der Waals surface area contributed by atoms with Crippen LogP contribution in [0.5, 0.6) is 0 Å². The van der Waals surface area contributed by atoms with E-state index in [9.17, 15) is 9.59 Å². The standard InChI is InChI=1S/C15H20N4O3S/c20-14(17-13-16-11-3-1-2-4-12(11)23-13)18-6-5-10(9-18)19-7-8-22-15(19)21/h10H,1-9H2,(H,16,17,20). The molecule has 23 heavy (non-hydrogen) atoms. The zero-order valence-electron chi connectivity index (χ0n) is 12.9. The Balaban J connectivity index is 1.36. The van der Waals surface area contributed by atoms with E-state index in [0.717, 1.165) is 25.0 Å². The van der Waals surface area contributed by atoms with Crippen LogP contribution in [0.2, 0.25) is 0 Å². The number of hydrogen-bond donors (Lipinski definition) is 1. The number of carbonyl (C=O) groups is 2. The number of aromatic nitrogens is 1. The number of cyclic esters (lactones) is 1. The lowest BCUT2D eigenvalue weighted by Crippen LogP contribution is -2.40. The summed E-state index contributed by atoms with van der Waals surface area (Å²) in [6.07, 6.45) is 5.03. The third-order valence-corrected chi connectivity index (χ3v) is 5.82. The number of rotatable bonds is 2. The van der Waals surface area contributed by atoms with Crippen LogP contribution in [-0.4, -0.2) is 59.2 Å². The molecule has 124 valence electrons. The number of urea groups is 1. The number of thiazole rings is 1. The van der Waals surface area contributed by atoms with Crippen LogP contribution in [0, 0.1) is 0 Å². The molecule has 1 aromatic rings. The van der Waals surface area contributed by atoms with Crippen LogP contribution in [-0.2, 0) is 17.6 Å². The topological polar surface area (TPSA) is 74.8 Å². The van der Waals surface area contributed by atoms with E-state index in [0.29, 0.717) is 31.4 Å². The molecule has 1 N–H and O–H groups in total. The van der Waals surface area contributed by atoms with Crippen LogP contribution in [0.3, 0.4) is 0 Å². The maximum atomic E-state index is 12.4. The van der Waals surface area contributed by atoms with E-state index in [1.165, 1.54) is 17.7 Å². The summed E-state index contributed by atoms with van der Waals surface area (Å²) in [5.74, 6) is 0. The molecule has 0 radical (unpaired) electrons. The van der Waals surface area contributed by atoms with E-state index in [1.54, 1.807) is 21.1 Å². The quantitative estimate of drug-likeness (QED) is 0.897. The van der Waals surface area contributed by atoms with Gasteiger partial charge in [-0.05, 0) is 32.1 Å². The number of nitrogens with one attached hydrogen (secondary N) is 1. The minimum Gasteiger partial charge on any atom is -0.448 e. The second-order valence-electron chi connectivity index (χ2n) is 6.22. The van der Waals surface area contributed by atoms with Crippen LogP contribution >= 0.6 is 11.3 Å². The average Bonchev–Trinajstić information content (AvgIpc) is 3.24. The highest BCUT2D eigenvalue weighted by Gasteiger charge is 2.36. The Labute approximate surface area is 138 Å². The van der Waals surface area contributed by atoms with Crippen LogP contribution in [0.15, 0.2) is 0 Å². The minimum absolute atomic E-state index is 0.0697. The molecule has 3 aliphatic rings. The van der Waals surface area contributed by atoms with Gasteiger partial charge in [0.15, 0.2) is 5.13 Å². The smallest absolute Gasteiger partial charge is 0.410 e. The summed E-state index contributed by atoms with van der Waals surface area (Å²) in [6, 6.07) is -0.0496.